The van der Waals surface area contributed by atoms with Crippen molar-refractivity contribution in [3.63, 3.8) is 0 Å². The molecule has 0 aromatic heterocycles. The molecule has 10 heteroatoms. The smallest absolute Gasteiger partial charge is 0.339 e. The topological polar surface area (TPSA) is 47.3 Å². The molecule has 2 fully saturated rings. The predicted octanol–water partition coefficient (Wildman–Crippen LogP) is 5.33. The molecule has 1 spiro atoms. The van der Waals surface area contributed by atoms with Gasteiger partial charge in [-0.25, -0.2) is 0 Å². The molecule has 0 aliphatic carbocycles. The highest BCUT2D eigenvalue weighted by Crippen LogP contribution is 2.42. The molecule has 0 unspecified atom stereocenters. The summed E-state index contributed by atoms with van der Waals surface area (Å²) in [5, 5.41) is 8.88. The van der Waals surface area contributed by atoms with Crippen molar-refractivity contribution in [3.05, 3.63) is 70.3 Å². The van der Waals surface area contributed by atoms with Gasteiger partial charge in [-0.2, -0.15) is 31.6 Å². The van der Waals surface area contributed by atoms with E-state index in [0.29, 0.717) is 30.5 Å². The molecule has 0 saturated carbocycles. The quantitative estimate of drug-likeness (QED) is 0.557. The van der Waals surface area contributed by atoms with Gasteiger partial charge in [-0.1, -0.05) is 12.1 Å². The number of alkyl halides is 6. The SMILES string of the molecule is N#Cc1ccc(CN2CC3(CCN(C(=O)c4cc(C(F)(F)F)cc(C(F)(F)F)c4)CC3)C2)cc1. The summed E-state index contributed by atoms with van der Waals surface area (Å²) in [7, 11) is 0. The number of amides is 1. The van der Waals surface area contributed by atoms with E-state index >= 15 is 0 Å². The Morgan fingerprint density at radius 2 is 1.44 bits per heavy atom. The van der Waals surface area contributed by atoms with E-state index in [1.165, 1.54) is 4.90 Å². The number of carbonyl (C=O) groups excluding carboxylic acids is 1. The van der Waals surface area contributed by atoms with Gasteiger partial charge in [0.1, 0.15) is 0 Å². The minimum atomic E-state index is -4.99. The number of hydrogen-bond donors (Lipinski definition) is 0. The molecule has 1 amide bonds. The summed E-state index contributed by atoms with van der Waals surface area (Å²) in [5.74, 6) is -0.819. The molecule has 2 saturated heterocycles. The van der Waals surface area contributed by atoms with Crippen LogP contribution in [0.1, 0.15) is 45.5 Å². The number of benzene rings is 2. The van der Waals surface area contributed by atoms with Crippen LogP contribution in [0, 0.1) is 16.7 Å². The predicted molar refractivity (Wildman–Crippen MR) is 110 cm³/mol. The zero-order valence-corrected chi connectivity index (χ0v) is 18.0. The fourth-order valence-corrected chi connectivity index (χ4v) is 4.72. The Labute approximate surface area is 192 Å². The van der Waals surface area contributed by atoms with Crippen molar-refractivity contribution >= 4 is 5.91 Å². The molecule has 0 N–H and O–H groups in total. The van der Waals surface area contributed by atoms with Crippen molar-refractivity contribution in [1.82, 2.24) is 9.80 Å². The minimum Gasteiger partial charge on any atom is -0.339 e. The first-order valence-corrected chi connectivity index (χ1v) is 10.7. The molecule has 34 heavy (non-hydrogen) atoms. The molecule has 0 atom stereocenters. The maximum absolute atomic E-state index is 13.1. The first-order valence-electron chi connectivity index (χ1n) is 10.7. The minimum absolute atomic E-state index is 0.00563. The van der Waals surface area contributed by atoms with Crippen molar-refractivity contribution in [3.8, 4) is 6.07 Å². The van der Waals surface area contributed by atoms with E-state index in [1.807, 2.05) is 12.1 Å². The summed E-state index contributed by atoms with van der Waals surface area (Å²) in [5.41, 5.74) is -1.92. The van der Waals surface area contributed by atoms with Crippen LogP contribution in [0.25, 0.3) is 0 Å². The first kappa shape index (κ1) is 24.1. The lowest BCUT2D eigenvalue weighted by Gasteiger charge is -2.54. The lowest BCUT2D eigenvalue weighted by molar-refractivity contribution is -0.143. The zero-order chi connectivity index (χ0) is 24.7. The van der Waals surface area contributed by atoms with Crippen molar-refractivity contribution in [2.24, 2.45) is 5.41 Å². The maximum atomic E-state index is 13.1. The average molecular weight is 481 g/mol. The van der Waals surface area contributed by atoms with Crippen LogP contribution in [0.4, 0.5) is 26.3 Å². The number of piperidine rings is 1. The van der Waals surface area contributed by atoms with Crippen LogP contribution in [0.3, 0.4) is 0 Å². The van der Waals surface area contributed by atoms with Gasteiger partial charge in [0.15, 0.2) is 0 Å². The molecular weight excluding hydrogens is 460 g/mol. The Bertz CT molecular complexity index is 1070. The monoisotopic (exact) mass is 481 g/mol. The van der Waals surface area contributed by atoms with Gasteiger partial charge in [0.25, 0.3) is 5.91 Å². The largest absolute Gasteiger partial charge is 0.416 e. The molecule has 0 bridgehead atoms. The van der Waals surface area contributed by atoms with E-state index in [9.17, 15) is 31.1 Å². The summed E-state index contributed by atoms with van der Waals surface area (Å²) in [4.78, 5) is 16.4. The maximum Gasteiger partial charge on any atom is 0.416 e. The summed E-state index contributed by atoms with van der Waals surface area (Å²) in [6, 6.07) is 10.4. The normalized spacial score (nSPS) is 18.4. The number of hydrogen-bond acceptors (Lipinski definition) is 3. The standard InChI is InChI=1S/C24H21F6N3O/c25-23(26,27)19-9-18(10-20(11-19)24(28,29)30)21(34)33-7-5-22(6-8-33)14-32(15-22)13-17-3-1-16(12-31)2-4-17/h1-4,9-11H,5-8,13-15H2. The lowest BCUT2D eigenvalue weighted by atomic mass is 9.71. The second-order valence-corrected chi connectivity index (χ2v) is 9.04. The van der Waals surface area contributed by atoms with E-state index in [0.717, 1.165) is 25.2 Å². The third-order valence-electron chi connectivity index (χ3n) is 6.55. The third kappa shape index (κ3) is 5.04. The van der Waals surface area contributed by atoms with Gasteiger partial charge in [-0.3, -0.25) is 9.69 Å². The molecule has 2 aliphatic heterocycles. The van der Waals surface area contributed by atoms with E-state index < -0.39 is 35.0 Å². The van der Waals surface area contributed by atoms with E-state index in [1.54, 1.807) is 12.1 Å². The molecule has 0 radical (unpaired) electrons. The lowest BCUT2D eigenvalue weighted by Crippen LogP contribution is -2.60. The van der Waals surface area contributed by atoms with E-state index in [-0.39, 0.29) is 24.6 Å². The van der Waals surface area contributed by atoms with Crippen LogP contribution in [-0.4, -0.2) is 41.9 Å². The molecule has 4 nitrogen and oxygen atoms in total. The molecule has 2 aliphatic rings. The first-order chi connectivity index (χ1) is 15.9. The van der Waals surface area contributed by atoms with Gasteiger partial charge in [-0.15, -0.1) is 0 Å². The molecule has 4 rings (SSSR count). The average Bonchev–Trinajstić information content (AvgIpc) is 2.77. The summed E-state index contributed by atoms with van der Waals surface area (Å²) in [6.07, 6.45) is -8.72. The number of likely N-dealkylation sites (tertiary alicyclic amines) is 2. The van der Waals surface area contributed by atoms with Crippen molar-refractivity contribution in [1.29, 1.82) is 5.26 Å². The second-order valence-electron chi connectivity index (χ2n) is 9.04. The highest BCUT2D eigenvalue weighted by atomic mass is 19.4. The fourth-order valence-electron chi connectivity index (χ4n) is 4.72. The van der Waals surface area contributed by atoms with Gasteiger partial charge in [0, 0.05) is 38.3 Å². The zero-order valence-electron chi connectivity index (χ0n) is 18.0. The molecule has 2 aromatic carbocycles. The molecular formula is C24H21F6N3O. The molecule has 180 valence electrons. The summed E-state index contributed by atoms with van der Waals surface area (Å²) in [6.45, 7) is 2.89. The number of halogens is 6. The number of nitrogens with zero attached hydrogens (tertiary/aromatic N) is 3. The Kier molecular flexibility index (Phi) is 6.10. The van der Waals surface area contributed by atoms with Crippen LogP contribution in [0.5, 0.6) is 0 Å². The second kappa shape index (κ2) is 8.62. The van der Waals surface area contributed by atoms with Gasteiger partial charge in [-0.05, 0) is 54.2 Å². The fraction of sp³-hybridized carbons (Fsp3) is 0.417. The highest BCUT2D eigenvalue weighted by molar-refractivity contribution is 5.94. The number of rotatable bonds is 3. The van der Waals surface area contributed by atoms with Crippen LogP contribution in [0.2, 0.25) is 0 Å². The molecule has 2 aromatic rings. The van der Waals surface area contributed by atoms with Gasteiger partial charge in [0.2, 0.25) is 0 Å². The van der Waals surface area contributed by atoms with E-state index in [4.69, 9.17) is 5.26 Å². The van der Waals surface area contributed by atoms with Gasteiger partial charge in [0.05, 0.1) is 22.8 Å². The van der Waals surface area contributed by atoms with Gasteiger partial charge < -0.3 is 4.90 Å². The molecule has 2 heterocycles. The number of nitriles is 1. The van der Waals surface area contributed by atoms with Crippen LogP contribution in [-0.2, 0) is 18.9 Å². The van der Waals surface area contributed by atoms with Crippen LogP contribution in [0.15, 0.2) is 42.5 Å². The van der Waals surface area contributed by atoms with Crippen molar-refractivity contribution in [2.45, 2.75) is 31.7 Å². The third-order valence-corrected chi connectivity index (χ3v) is 6.55. The van der Waals surface area contributed by atoms with Gasteiger partial charge >= 0.3 is 12.4 Å². The van der Waals surface area contributed by atoms with Crippen molar-refractivity contribution in [2.75, 3.05) is 26.2 Å². The summed E-state index contributed by atoms with van der Waals surface area (Å²) < 4.78 is 78.7. The Hall–Kier alpha value is -3.06. The summed E-state index contributed by atoms with van der Waals surface area (Å²) >= 11 is 0. The van der Waals surface area contributed by atoms with Crippen molar-refractivity contribution < 1.29 is 31.1 Å². The highest BCUT2D eigenvalue weighted by Gasteiger charge is 2.45. The van der Waals surface area contributed by atoms with Crippen LogP contribution < -0.4 is 0 Å². The van der Waals surface area contributed by atoms with E-state index in [2.05, 4.69) is 11.0 Å². The Balaban J connectivity index is 1.38. The Morgan fingerprint density at radius 3 is 1.91 bits per heavy atom. The van der Waals surface area contributed by atoms with Crippen LogP contribution >= 0.6 is 0 Å². The number of carbonyl (C=O) groups is 1. The Morgan fingerprint density at radius 1 is 0.912 bits per heavy atom.